The molecule has 1 aromatic carbocycles. The Hall–Kier alpha value is -2.21. The smallest absolute Gasteiger partial charge is 0.247 e. The lowest BCUT2D eigenvalue weighted by Gasteiger charge is -2.48. The summed E-state index contributed by atoms with van der Waals surface area (Å²) in [7, 11) is 2.11. The second-order valence-electron chi connectivity index (χ2n) is 8.63. The van der Waals surface area contributed by atoms with Gasteiger partial charge in [-0.15, -0.1) is 10.2 Å². The van der Waals surface area contributed by atoms with Gasteiger partial charge in [0.05, 0.1) is 6.04 Å². The third-order valence-corrected chi connectivity index (χ3v) is 5.83. The third-order valence-electron chi connectivity index (χ3n) is 5.83. The highest BCUT2D eigenvalue weighted by Gasteiger charge is 2.53. The predicted molar refractivity (Wildman–Crippen MR) is 103 cm³/mol. The lowest BCUT2D eigenvalue weighted by atomic mass is 9.77. The molecule has 1 spiro atoms. The summed E-state index contributed by atoms with van der Waals surface area (Å²) in [5, 5.41) is 8.55. The van der Waals surface area contributed by atoms with Crippen molar-refractivity contribution < 1.29 is 9.21 Å². The number of benzene rings is 1. The molecule has 0 bridgehead atoms. The van der Waals surface area contributed by atoms with Gasteiger partial charge >= 0.3 is 0 Å². The Balaban J connectivity index is 1.39. The first kappa shape index (κ1) is 18.2. The van der Waals surface area contributed by atoms with Crippen LogP contribution in [0.15, 0.2) is 34.7 Å². The topological polar surface area (TPSA) is 62.5 Å². The quantitative estimate of drug-likeness (QED) is 0.810. The molecule has 2 aliphatic heterocycles. The minimum absolute atomic E-state index is 0.128. The minimum Gasteiger partial charge on any atom is -0.419 e. The Morgan fingerprint density at radius 3 is 2.67 bits per heavy atom. The molecule has 1 amide bonds. The molecule has 27 heavy (non-hydrogen) atoms. The van der Waals surface area contributed by atoms with Crippen molar-refractivity contribution >= 4 is 5.91 Å². The van der Waals surface area contributed by atoms with Crippen molar-refractivity contribution in [3.63, 3.8) is 0 Å². The summed E-state index contributed by atoms with van der Waals surface area (Å²) >= 11 is 0. The van der Waals surface area contributed by atoms with Crippen LogP contribution in [0.25, 0.3) is 11.5 Å². The van der Waals surface area contributed by atoms with Gasteiger partial charge in [-0.1, -0.05) is 32.0 Å². The molecular formula is C21H28N4O2. The van der Waals surface area contributed by atoms with E-state index >= 15 is 0 Å². The van der Waals surface area contributed by atoms with Crippen LogP contribution in [0.3, 0.4) is 0 Å². The Morgan fingerprint density at radius 2 is 1.96 bits per heavy atom. The van der Waals surface area contributed by atoms with Gasteiger partial charge in [0, 0.05) is 37.0 Å². The van der Waals surface area contributed by atoms with E-state index in [-0.39, 0.29) is 11.5 Å². The normalized spacial score (nSPS) is 21.8. The number of nitrogens with zero attached hydrogens (tertiary/aromatic N) is 4. The van der Waals surface area contributed by atoms with Crippen LogP contribution in [0.2, 0.25) is 0 Å². The molecule has 0 radical (unpaired) electrons. The molecule has 2 aromatic rings. The van der Waals surface area contributed by atoms with Crippen molar-refractivity contribution in [1.82, 2.24) is 20.0 Å². The first-order valence-electron chi connectivity index (χ1n) is 9.83. The number of hydrogen-bond acceptors (Lipinski definition) is 5. The van der Waals surface area contributed by atoms with Crippen molar-refractivity contribution in [2.75, 3.05) is 26.7 Å². The highest BCUT2D eigenvalue weighted by Crippen LogP contribution is 2.47. The Bertz CT molecular complexity index is 796. The molecule has 3 heterocycles. The zero-order valence-electron chi connectivity index (χ0n) is 16.4. The summed E-state index contributed by atoms with van der Waals surface area (Å²) in [5.41, 5.74) is 1.12. The van der Waals surface area contributed by atoms with Gasteiger partial charge < -0.3 is 9.32 Å². The van der Waals surface area contributed by atoms with E-state index in [0.29, 0.717) is 30.0 Å². The van der Waals surface area contributed by atoms with E-state index in [4.69, 9.17) is 4.42 Å². The van der Waals surface area contributed by atoms with E-state index in [0.717, 1.165) is 38.0 Å². The fourth-order valence-electron chi connectivity index (χ4n) is 4.35. The van der Waals surface area contributed by atoms with Crippen molar-refractivity contribution in [2.45, 2.75) is 39.2 Å². The zero-order valence-corrected chi connectivity index (χ0v) is 16.4. The van der Waals surface area contributed by atoms with Gasteiger partial charge in [0.2, 0.25) is 17.7 Å². The van der Waals surface area contributed by atoms with E-state index < -0.39 is 0 Å². The fourth-order valence-corrected chi connectivity index (χ4v) is 4.35. The van der Waals surface area contributed by atoms with Gasteiger partial charge in [0.15, 0.2) is 0 Å². The van der Waals surface area contributed by atoms with Crippen LogP contribution >= 0.6 is 0 Å². The zero-order chi connectivity index (χ0) is 19.0. The van der Waals surface area contributed by atoms with Crippen molar-refractivity contribution in [3.05, 3.63) is 36.2 Å². The van der Waals surface area contributed by atoms with Gasteiger partial charge in [-0.2, -0.15) is 0 Å². The van der Waals surface area contributed by atoms with Crippen LogP contribution in [0.5, 0.6) is 0 Å². The first-order valence-corrected chi connectivity index (χ1v) is 9.83. The SMILES string of the molecule is CC(C)CCC(=O)N1CC2(CC(c3nnc(-c4ccccc4)o3)N(C)C2)C1. The van der Waals surface area contributed by atoms with Gasteiger partial charge in [0.25, 0.3) is 0 Å². The van der Waals surface area contributed by atoms with Gasteiger partial charge in [0.1, 0.15) is 0 Å². The monoisotopic (exact) mass is 368 g/mol. The molecule has 0 aliphatic carbocycles. The number of hydrogen-bond donors (Lipinski definition) is 0. The van der Waals surface area contributed by atoms with Crippen LogP contribution in [0.4, 0.5) is 0 Å². The summed E-state index contributed by atoms with van der Waals surface area (Å²) in [4.78, 5) is 16.6. The molecule has 1 atom stereocenters. The van der Waals surface area contributed by atoms with Crippen molar-refractivity contribution in [3.8, 4) is 11.5 Å². The second-order valence-corrected chi connectivity index (χ2v) is 8.63. The molecule has 144 valence electrons. The summed E-state index contributed by atoms with van der Waals surface area (Å²) in [6, 6.07) is 9.99. The molecule has 0 N–H and O–H groups in total. The maximum atomic E-state index is 12.3. The lowest BCUT2D eigenvalue weighted by molar-refractivity contribution is -0.143. The third kappa shape index (κ3) is 3.63. The molecule has 2 fully saturated rings. The molecular weight excluding hydrogens is 340 g/mol. The van der Waals surface area contributed by atoms with Gasteiger partial charge in [-0.25, -0.2) is 0 Å². The van der Waals surface area contributed by atoms with Crippen molar-refractivity contribution in [1.29, 1.82) is 0 Å². The molecule has 2 saturated heterocycles. The molecule has 1 unspecified atom stereocenters. The van der Waals surface area contributed by atoms with Gasteiger partial charge in [-0.3, -0.25) is 9.69 Å². The Morgan fingerprint density at radius 1 is 1.22 bits per heavy atom. The first-order chi connectivity index (χ1) is 13.0. The van der Waals surface area contributed by atoms with E-state index in [9.17, 15) is 4.79 Å². The number of carbonyl (C=O) groups excluding carboxylic acids is 1. The van der Waals surface area contributed by atoms with Crippen LogP contribution in [0.1, 0.15) is 45.0 Å². The van der Waals surface area contributed by atoms with E-state index in [1.54, 1.807) is 0 Å². The number of carbonyl (C=O) groups is 1. The number of aromatic nitrogens is 2. The van der Waals surface area contributed by atoms with Crippen molar-refractivity contribution in [2.24, 2.45) is 11.3 Å². The molecule has 2 aliphatic rings. The molecule has 1 aromatic heterocycles. The average Bonchev–Trinajstić information content (AvgIpc) is 3.24. The number of likely N-dealkylation sites (tertiary alicyclic amines) is 2. The minimum atomic E-state index is 0.128. The average molecular weight is 368 g/mol. The molecule has 6 nitrogen and oxygen atoms in total. The van der Waals surface area contributed by atoms with Gasteiger partial charge in [-0.05, 0) is 37.9 Å². The fraction of sp³-hybridized carbons (Fsp3) is 0.571. The van der Waals surface area contributed by atoms with E-state index in [1.165, 1.54) is 0 Å². The molecule has 0 saturated carbocycles. The molecule has 4 rings (SSSR count). The highest BCUT2D eigenvalue weighted by atomic mass is 16.4. The summed E-state index contributed by atoms with van der Waals surface area (Å²) in [6.45, 7) is 6.99. The summed E-state index contributed by atoms with van der Waals surface area (Å²) in [5.74, 6) is 2.11. The Labute approximate surface area is 160 Å². The maximum absolute atomic E-state index is 12.3. The van der Waals surface area contributed by atoms with Crippen LogP contribution < -0.4 is 0 Å². The highest BCUT2D eigenvalue weighted by molar-refractivity contribution is 5.77. The van der Waals surface area contributed by atoms with Crippen LogP contribution in [-0.4, -0.2) is 52.6 Å². The predicted octanol–water partition coefficient (Wildman–Crippen LogP) is 3.38. The van der Waals surface area contributed by atoms with Crippen LogP contribution in [0, 0.1) is 11.3 Å². The standard InChI is InChI=1S/C21H28N4O2/c1-15(2)9-10-18(26)25-13-21(14-25)11-17(24(3)12-21)20-23-22-19(27-20)16-7-5-4-6-8-16/h4-8,15,17H,9-14H2,1-3H3. The Kier molecular flexibility index (Phi) is 4.76. The lowest BCUT2D eigenvalue weighted by Crippen LogP contribution is -2.59. The largest absolute Gasteiger partial charge is 0.419 e. The van der Waals surface area contributed by atoms with E-state index in [1.807, 2.05) is 35.2 Å². The number of amides is 1. The number of rotatable bonds is 5. The summed E-state index contributed by atoms with van der Waals surface area (Å²) < 4.78 is 5.98. The maximum Gasteiger partial charge on any atom is 0.247 e. The van der Waals surface area contributed by atoms with E-state index in [2.05, 4.69) is 36.0 Å². The summed E-state index contributed by atoms with van der Waals surface area (Å²) in [6.07, 6.45) is 2.60. The van der Waals surface area contributed by atoms with Crippen LogP contribution in [-0.2, 0) is 4.79 Å². The second kappa shape index (κ2) is 7.08. The molecule has 6 heteroatoms.